The Bertz CT molecular complexity index is 667. The van der Waals surface area contributed by atoms with Crippen LogP contribution in [0.3, 0.4) is 0 Å². The largest absolute Gasteiger partial charge is 0.368 e. The molecule has 0 aliphatic heterocycles. The number of carbonyl (C=O) groups is 1. The number of anilines is 2. The van der Waals surface area contributed by atoms with Gasteiger partial charge in [-0.05, 0) is 26.8 Å². The first kappa shape index (κ1) is 13.9. The Hall–Kier alpha value is -2.51. The maximum atomic E-state index is 13.8. The van der Waals surface area contributed by atoms with Gasteiger partial charge in [0.1, 0.15) is 0 Å². The first-order valence-corrected chi connectivity index (χ1v) is 5.92. The van der Waals surface area contributed by atoms with Gasteiger partial charge < -0.3 is 11.1 Å². The predicted molar refractivity (Wildman–Crippen MR) is 73.6 cm³/mol. The Morgan fingerprint density at radius 2 is 2.05 bits per heavy atom. The average Bonchev–Trinajstić information content (AvgIpc) is 2.28. The Morgan fingerprint density at radius 3 is 2.70 bits per heavy atom. The van der Waals surface area contributed by atoms with Crippen LogP contribution in [0.5, 0.6) is 0 Å². The van der Waals surface area contributed by atoms with Crippen molar-refractivity contribution in [3.8, 4) is 0 Å². The maximum Gasteiger partial charge on any atom is 0.320 e. The van der Waals surface area contributed by atoms with E-state index in [0.29, 0.717) is 5.39 Å². The molecular weight excluding hydrogens is 263 g/mol. The van der Waals surface area contributed by atoms with Gasteiger partial charge in [0.25, 0.3) is 0 Å². The molecule has 0 bridgehead atoms. The molecule has 0 radical (unpaired) electrons. The second kappa shape index (κ2) is 4.87. The van der Waals surface area contributed by atoms with E-state index in [1.807, 2.05) is 20.8 Å². The summed E-state index contributed by atoms with van der Waals surface area (Å²) in [7, 11) is 0. The summed E-state index contributed by atoms with van der Waals surface area (Å²) in [5.41, 5.74) is 5.21. The molecule has 0 aliphatic rings. The van der Waals surface area contributed by atoms with Crippen LogP contribution in [0, 0.1) is 5.82 Å². The van der Waals surface area contributed by atoms with Crippen molar-refractivity contribution in [2.45, 2.75) is 26.3 Å². The molecule has 8 heteroatoms. The first-order valence-electron chi connectivity index (χ1n) is 5.92. The minimum absolute atomic E-state index is 0.0294. The lowest BCUT2D eigenvalue weighted by atomic mass is 10.1. The van der Waals surface area contributed by atoms with Gasteiger partial charge in [-0.1, -0.05) is 0 Å². The van der Waals surface area contributed by atoms with Gasteiger partial charge >= 0.3 is 6.03 Å². The van der Waals surface area contributed by atoms with Crippen molar-refractivity contribution in [3.63, 3.8) is 0 Å². The standard InChI is InChI=1S/C12H15FN6O/c1-12(2,3)19-11(20)18-9-7(13)4-6-5-15-10(14)17-8(6)16-9/h4-5H,1-3H3,(H4,14,15,16,17,18,19,20). The number of halogens is 1. The highest BCUT2D eigenvalue weighted by Crippen LogP contribution is 2.17. The summed E-state index contributed by atoms with van der Waals surface area (Å²) in [4.78, 5) is 23.2. The van der Waals surface area contributed by atoms with E-state index in [1.165, 1.54) is 12.3 Å². The van der Waals surface area contributed by atoms with E-state index in [2.05, 4.69) is 25.6 Å². The summed E-state index contributed by atoms with van der Waals surface area (Å²) in [5, 5.41) is 5.38. The van der Waals surface area contributed by atoms with E-state index in [1.54, 1.807) is 0 Å². The summed E-state index contributed by atoms with van der Waals surface area (Å²) in [6.45, 7) is 5.43. The molecular formula is C12H15FN6O. The van der Waals surface area contributed by atoms with E-state index in [-0.39, 0.29) is 17.4 Å². The third kappa shape index (κ3) is 3.28. The molecule has 0 saturated heterocycles. The molecule has 106 valence electrons. The Kier molecular flexibility index (Phi) is 3.39. The Morgan fingerprint density at radius 1 is 1.35 bits per heavy atom. The number of nitrogen functional groups attached to an aromatic ring is 1. The van der Waals surface area contributed by atoms with E-state index < -0.39 is 17.4 Å². The molecule has 2 aromatic rings. The lowest BCUT2D eigenvalue weighted by Gasteiger charge is -2.20. The Labute approximate surface area is 114 Å². The number of carbonyl (C=O) groups excluding carboxylic acids is 1. The van der Waals surface area contributed by atoms with Crippen molar-refractivity contribution in [2.75, 3.05) is 11.1 Å². The molecule has 2 rings (SSSR count). The summed E-state index contributed by atoms with van der Waals surface area (Å²) in [6.07, 6.45) is 1.37. The van der Waals surface area contributed by atoms with E-state index in [4.69, 9.17) is 5.73 Å². The fraction of sp³-hybridized carbons (Fsp3) is 0.333. The van der Waals surface area contributed by atoms with Gasteiger partial charge in [-0.2, -0.15) is 4.98 Å². The average molecular weight is 278 g/mol. The van der Waals surface area contributed by atoms with Crippen molar-refractivity contribution in [1.82, 2.24) is 20.3 Å². The highest BCUT2D eigenvalue weighted by Gasteiger charge is 2.16. The van der Waals surface area contributed by atoms with Crippen LogP contribution in [0.1, 0.15) is 20.8 Å². The van der Waals surface area contributed by atoms with Crippen LogP contribution in [0.15, 0.2) is 12.3 Å². The van der Waals surface area contributed by atoms with Crippen LogP contribution in [-0.4, -0.2) is 26.5 Å². The molecule has 0 saturated carbocycles. The van der Waals surface area contributed by atoms with Gasteiger partial charge in [0.2, 0.25) is 5.95 Å². The topological polar surface area (TPSA) is 106 Å². The molecule has 2 heterocycles. The maximum absolute atomic E-state index is 13.8. The van der Waals surface area contributed by atoms with Crippen LogP contribution >= 0.6 is 0 Å². The van der Waals surface area contributed by atoms with Crippen LogP contribution in [0.25, 0.3) is 11.0 Å². The number of nitrogens with two attached hydrogens (primary N) is 1. The molecule has 0 aliphatic carbocycles. The molecule has 7 nitrogen and oxygen atoms in total. The fourth-order valence-corrected chi connectivity index (χ4v) is 1.52. The zero-order valence-corrected chi connectivity index (χ0v) is 11.4. The summed E-state index contributed by atoms with van der Waals surface area (Å²) in [6, 6.07) is 0.638. The van der Waals surface area contributed by atoms with Crippen molar-refractivity contribution < 1.29 is 9.18 Å². The van der Waals surface area contributed by atoms with Gasteiger partial charge in [-0.25, -0.2) is 19.2 Å². The third-order valence-corrected chi connectivity index (χ3v) is 2.26. The number of rotatable bonds is 1. The summed E-state index contributed by atoms with van der Waals surface area (Å²) < 4.78 is 13.8. The van der Waals surface area contributed by atoms with Gasteiger partial charge in [0.05, 0.1) is 0 Å². The molecule has 4 N–H and O–H groups in total. The zero-order chi connectivity index (χ0) is 14.9. The second-order valence-electron chi connectivity index (χ2n) is 5.29. The van der Waals surface area contributed by atoms with Crippen LogP contribution in [0.2, 0.25) is 0 Å². The number of amides is 2. The molecule has 0 fully saturated rings. The van der Waals surface area contributed by atoms with Crippen molar-refractivity contribution in [1.29, 1.82) is 0 Å². The van der Waals surface area contributed by atoms with Gasteiger partial charge in [-0.3, -0.25) is 5.32 Å². The third-order valence-electron chi connectivity index (χ3n) is 2.26. The number of nitrogens with zero attached hydrogens (tertiary/aromatic N) is 3. The van der Waals surface area contributed by atoms with E-state index in [0.717, 1.165) is 0 Å². The molecule has 2 aromatic heterocycles. The van der Waals surface area contributed by atoms with Gasteiger partial charge in [-0.15, -0.1) is 0 Å². The van der Waals surface area contributed by atoms with Crippen LogP contribution in [0.4, 0.5) is 21.0 Å². The quantitative estimate of drug-likeness (QED) is 0.735. The predicted octanol–water partition coefficient (Wildman–Crippen LogP) is 1.67. The van der Waals surface area contributed by atoms with Crippen LogP contribution in [-0.2, 0) is 0 Å². The van der Waals surface area contributed by atoms with Gasteiger partial charge in [0.15, 0.2) is 17.3 Å². The SMILES string of the molecule is CC(C)(C)NC(=O)Nc1nc2nc(N)ncc2cc1F. The summed E-state index contributed by atoms with van der Waals surface area (Å²) in [5.74, 6) is -0.853. The number of aromatic nitrogens is 3. The molecule has 2 amide bonds. The monoisotopic (exact) mass is 278 g/mol. The Balaban J connectivity index is 2.30. The van der Waals surface area contributed by atoms with Crippen molar-refractivity contribution in [3.05, 3.63) is 18.1 Å². The molecule has 0 unspecified atom stereocenters. The molecule has 0 aromatic carbocycles. The van der Waals surface area contributed by atoms with E-state index in [9.17, 15) is 9.18 Å². The van der Waals surface area contributed by atoms with Gasteiger partial charge in [0, 0.05) is 17.1 Å². The van der Waals surface area contributed by atoms with E-state index >= 15 is 0 Å². The van der Waals surface area contributed by atoms with Crippen LogP contribution < -0.4 is 16.4 Å². The zero-order valence-electron chi connectivity index (χ0n) is 11.4. The second-order valence-corrected chi connectivity index (χ2v) is 5.29. The van der Waals surface area contributed by atoms with Crippen molar-refractivity contribution in [2.24, 2.45) is 0 Å². The fourth-order valence-electron chi connectivity index (χ4n) is 1.52. The molecule has 0 spiro atoms. The summed E-state index contributed by atoms with van der Waals surface area (Å²) >= 11 is 0. The number of hydrogen-bond donors (Lipinski definition) is 3. The lowest BCUT2D eigenvalue weighted by molar-refractivity contribution is 0.243. The number of urea groups is 1. The highest BCUT2D eigenvalue weighted by molar-refractivity contribution is 5.90. The number of hydrogen-bond acceptors (Lipinski definition) is 5. The first-order chi connectivity index (χ1) is 9.24. The normalized spacial score (nSPS) is 11.4. The number of pyridine rings is 1. The minimum Gasteiger partial charge on any atom is -0.368 e. The number of nitrogens with one attached hydrogen (secondary N) is 2. The molecule has 0 atom stereocenters. The lowest BCUT2D eigenvalue weighted by Crippen LogP contribution is -2.43. The minimum atomic E-state index is -0.671. The van der Waals surface area contributed by atoms with Crippen molar-refractivity contribution >= 4 is 28.8 Å². The smallest absolute Gasteiger partial charge is 0.320 e. The molecule has 20 heavy (non-hydrogen) atoms. The highest BCUT2D eigenvalue weighted by atomic mass is 19.1. The number of fused-ring (bicyclic) bond motifs is 1.